The fourth-order valence-corrected chi connectivity index (χ4v) is 2.00. The largest absolute Gasteiger partial charge is 0.461 e. The molecule has 0 N–H and O–H groups in total. The molecule has 1 unspecified atom stereocenters. The summed E-state index contributed by atoms with van der Waals surface area (Å²) in [4.78, 5) is 13.9. The van der Waals surface area contributed by atoms with Gasteiger partial charge in [-0.25, -0.2) is 4.79 Å². The predicted molar refractivity (Wildman–Crippen MR) is 66.7 cm³/mol. The highest BCUT2D eigenvalue weighted by molar-refractivity contribution is 5.81. The number of hydrogen-bond donors (Lipinski definition) is 0. The van der Waals surface area contributed by atoms with Crippen LogP contribution in [-0.2, 0) is 14.3 Å². The summed E-state index contributed by atoms with van der Waals surface area (Å²) in [5.41, 5.74) is 0.925. The quantitative estimate of drug-likeness (QED) is 0.760. The van der Waals surface area contributed by atoms with Gasteiger partial charge < -0.3 is 19.1 Å². The Balaban J connectivity index is 2.34. The van der Waals surface area contributed by atoms with Crippen LogP contribution >= 0.6 is 0 Å². The standard InChI is InChI=1S/C13H17NO4/c1-4-17-12(15)13(16-3)9-14(2)10-7-5-6-8-11(10)18-13/h5-8H,4,9H2,1-3H3. The number of nitrogens with zero attached hydrogens (tertiary/aromatic N) is 1. The first-order valence-corrected chi connectivity index (χ1v) is 5.84. The molecule has 0 bridgehead atoms. The number of ether oxygens (including phenoxy) is 3. The van der Waals surface area contributed by atoms with Gasteiger partial charge in [-0.15, -0.1) is 0 Å². The van der Waals surface area contributed by atoms with Gasteiger partial charge in [-0.2, -0.15) is 0 Å². The molecule has 1 aromatic rings. The minimum Gasteiger partial charge on any atom is -0.461 e. The maximum Gasteiger partial charge on any atom is 0.381 e. The predicted octanol–water partition coefficient (Wildman–Crippen LogP) is 1.42. The molecule has 1 atom stereocenters. The third-order valence-corrected chi connectivity index (χ3v) is 2.91. The Kier molecular flexibility index (Phi) is 3.43. The number of carbonyl (C=O) groups is 1. The van der Waals surface area contributed by atoms with Gasteiger partial charge in [0.1, 0.15) is 5.75 Å². The molecule has 5 nitrogen and oxygen atoms in total. The Morgan fingerprint density at radius 2 is 2.22 bits per heavy atom. The Morgan fingerprint density at radius 3 is 2.89 bits per heavy atom. The number of para-hydroxylation sites is 2. The van der Waals surface area contributed by atoms with E-state index in [9.17, 15) is 4.79 Å². The van der Waals surface area contributed by atoms with Crippen molar-refractivity contribution in [3.8, 4) is 5.75 Å². The van der Waals surface area contributed by atoms with Gasteiger partial charge in [-0.05, 0) is 19.1 Å². The van der Waals surface area contributed by atoms with E-state index in [4.69, 9.17) is 14.2 Å². The second kappa shape index (κ2) is 4.86. The maximum absolute atomic E-state index is 12.0. The molecule has 1 aromatic carbocycles. The molecule has 0 radical (unpaired) electrons. The number of anilines is 1. The fraction of sp³-hybridized carbons (Fsp3) is 0.462. The summed E-state index contributed by atoms with van der Waals surface area (Å²) in [6.07, 6.45) is 0. The second-order valence-corrected chi connectivity index (χ2v) is 4.10. The van der Waals surface area contributed by atoms with Crippen LogP contribution < -0.4 is 9.64 Å². The van der Waals surface area contributed by atoms with Gasteiger partial charge in [0.25, 0.3) is 0 Å². The summed E-state index contributed by atoms with van der Waals surface area (Å²) in [5.74, 6) is -1.28. The molecule has 98 valence electrons. The molecule has 0 saturated heterocycles. The number of carbonyl (C=O) groups excluding carboxylic acids is 1. The van der Waals surface area contributed by atoms with Gasteiger partial charge in [0.15, 0.2) is 0 Å². The monoisotopic (exact) mass is 251 g/mol. The number of likely N-dealkylation sites (N-methyl/N-ethyl adjacent to an activating group) is 1. The van der Waals surface area contributed by atoms with E-state index in [2.05, 4.69) is 0 Å². The number of esters is 1. The van der Waals surface area contributed by atoms with Crippen molar-refractivity contribution in [1.82, 2.24) is 0 Å². The zero-order valence-electron chi connectivity index (χ0n) is 10.8. The topological polar surface area (TPSA) is 48.0 Å². The molecular weight excluding hydrogens is 234 g/mol. The smallest absolute Gasteiger partial charge is 0.381 e. The molecule has 0 amide bonds. The average Bonchev–Trinajstić information content (AvgIpc) is 2.39. The molecular formula is C13H17NO4. The summed E-state index contributed by atoms with van der Waals surface area (Å²) in [6, 6.07) is 7.50. The van der Waals surface area contributed by atoms with E-state index < -0.39 is 11.8 Å². The van der Waals surface area contributed by atoms with Crippen LogP contribution in [0.25, 0.3) is 0 Å². The summed E-state index contributed by atoms with van der Waals surface area (Å²) in [5, 5.41) is 0. The third-order valence-electron chi connectivity index (χ3n) is 2.91. The molecule has 1 aliphatic heterocycles. The van der Waals surface area contributed by atoms with E-state index in [-0.39, 0.29) is 0 Å². The van der Waals surface area contributed by atoms with Crippen molar-refractivity contribution in [3.63, 3.8) is 0 Å². The van der Waals surface area contributed by atoms with Crippen LogP contribution in [0.2, 0.25) is 0 Å². The van der Waals surface area contributed by atoms with Crippen LogP contribution in [0, 0.1) is 0 Å². The molecule has 0 saturated carbocycles. The van der Waals surface area contributed by atoms with Crippen molar-refractivity contribution in [2.45, 2.75) is 12.7 Å². The molecule has 0 aliphatic carbocycles. The minimum atomic E-state index is -1.39. The first kappa shape index (κ1) is 12.7. The van der Waals surface area contributed by atoms with E-state index in [1.807, 2.05) is 30.1 Å². The van der Waals surface area contributed by atoms with Crippen molar-refractivity contribution in [2.75, 3.05) is 32.2 Å². The zero-order chi connectivity index (χ0) is 13.2. The van der Waals surface area contributed by atoms with E-state index >= 15 is 0 Å². The van der Waals surface area contributed by atoms with Gasteiger partial charge in [0.05, 0.1) is 18.8 Å². The number of hydrogen-bond acceptors (Lipinski definition) is 5. The Hall–Kier alpha value is -1.75. The van der Waals surface area contributed by atoms with Gasteiger partial charge >= 0.3 is 11.8 Å². The number of fused-ring (bicyclic) bond motifs is 1. The lowest BCUT2D eigenvalue weighted by molar-refractivity contribution is -0.207. The SMILES string of the molecule is CCOC(=O)C1(OC)CN(C)c2ccccc2O1. The lowest BCUT2D eigenvalue weighted by Crippen LogP contribution is -2.57. The maximum atomic E-state index is 12.0. The average molecular weight is 251 g/mol. The van der Waals surface area contributed by atoms with Gasteiger partial charge in [-0.1, -0.05) is 12.1 Å². The van der Waals surface area contributed by atoms with Gasteiger partial charge in [0, 0.05) is 14.2 Å². The van der Waals surface area contributed by atoms with Crippen molar-refractivity contribution < 1.29 is 19.0 Å². The number of rotatable bonds is 3. The number of benzene rings is 1. The Bertz CT molecular complexity index is 448. The molecule has 18 heavy (non-hydrogen) atoms. The third kappa shape index (κ3) is 2.01. The summed E-state index contributed by atoms with van der Waals surface area (Å²) in [6.45, 7) is 2.33. The molecule has 0 aromatic heterocycles. The summed E-state index contributed by atoms with van der Waals surface area (Å²) < 4.78 is 16.0. The van der Waals surface area contributed by atoms with Gasteiger partial charge in [0.2, 0.25) is 0 Å². The highest BCUT2D eigenvalue weighted by Gasteiger charge is 2.47. The molecule has 1 aliphatic rings. The van der Waals surface area contributed by atoms with Crippen molar-refractivity contribution in [2.24, 2.45) is 0 Å². The fourth-order valence-electron chi connectivity index (χ4n) is 2.00. The molecule has 0 spiro atoms. The van der Waals surface area contributed by atoms with Crippen LogP contribution in [-0.4, -0.2) is 39.1 Å². The van der Waals surface area contributed by atoms with E-state index in [0.717, 1.165) is 5.69 Å². The zero-order valence-corrected chi connectivity index (χ0v) is 10.8. The second-order valence-electron chi connectivity index (χ2n) is 4.10. The number of methoxy groups -OCH3 is 1. The van der Waals surface area contributed by atoms with Crippen LogP contribution in [0.15, 0.2) is 24.3 Å². The van der Waals surface area contributed by atoms with Gasteiger partial charge in [-0.3, -0.25) is 0 Å². The molecule has 5 heteroatoms. The van der Waals surface area contributed by atoms with E-state index in [0.29, 0.717) is 18.9 Å². The van der Waals surface area contributed by atoms with E-state index in [1.165, 1.54) is 7.11 Å². The normalized spacial score (nSPS) is 22.1. The van der Waals surface area contributed by atoms with Crippen LogP contribution in [0.1, 0.15) is 6.92 Å². The summed E-state index contributed by atoms with van der Waals surface area (Å²) in [7, 11) is 3.33. The van der Waals surface area contributed by atoms with Crippen LogP contribution in [0.4, 0.5) is 5.69 Å². The Labute approximate surface area is 106 Å². The molecule has 1 heterocycles. The van der Waals surface area contributed by atoms with Crippen molar-refractivity contribution in [3.05, 3.63) is 24.3 Å². The van der Waals surface area contributed by atoms with Crippen molar-refractivity contribution in [1.29, 1.82) is 0 Å². The Morgan fingerprint density at radius 1 is 1.50 bits per heavy atom. The lowest BCUT2D eigenvalue weighted by atomic mass is 10.1. The molecule has 2 rings (SSSR count). The van der Waals surface area contributed by atoms with Crippen LogP contribution in [0.5, 0.6) is 5.75 Å². The summed E-state index contributed by atoms with van der Waals surface area (Å²) >= 11 is 0. The van der Waals surface area contributed by atoms with Crippen molar-refractivity contribution >= 4 is 11.7 Å². The lowest BCUT2D eigenvalue weighted by Gasteiger charge is -2.39. The minimum absolute atomic E-state index is 0.290. The highest BCUT2D eigenvalue weighted by atomic mass is 16.7. The highest BCUT2D eigenvalue weighted by Crippen LogP contribution is 2.36. The first-order valence-electron chi connectivity index (χ1n) is 5.84. The van der Waals surface area contributed by atoms with E-state index in [1.54, 1.807) is 13.0 Å². The van der Waals surface area contributed by atoms with Crippen LogP contribution in [0.3, 0.4) is 0 Å². The molecule has 0 fully saturated rings. The first-order chi connectivity index (χ1) is 8.63.